The van der Waals surface area contributed by atoms with Crippen LogP contribution in [-0.4, -0.2) is 79.3 Å². The van der Waals surface area contributed by atoms with Gasteiger partial charge in [0.15, 0.2) is 6.61 Å². The number of alkyl halides is 1. The van der Waals surface area contributed by atoms with Crippen molar-refractivity contribution < 1.29 is 27.9 Å². The third-order valence-corrected chi connectivity index (χ3v) is 6.97. The Bertz CT molecular complexity index is 1140. The zero-order valence-corrected chi connectivity index (χ0v) is 21.7. The molecule has 3 unspecified atom stereocenters. The number of hydrogen-bond donors (Lipinski definition) is 2. The van der Waals surface area contributed by atoms with E-state index in [1.54, 1.807) is 12.1 Å². The Morgan fingerprint density at radius 3 is 2.45 bits per heavy atom. The molecule has 2 fully saturated rings. The number of hydrogen-bond acceptors (Lipinski definition) is 5. The second-order valence-electron chi connectivity index (χ2n) is 9.97. The Kier molecular flexibility index (Phi) is 8.93. The van der Waals surface area contributed by atoms with Gasteiger partial charge in [0.25, 0.3) is 5.91 Å². The van der Waals surface area contributed by atoms with E-state index in [4.69, 9.17) is 4.74 Å². The molecule has 0 radical (unpaired) electrons. The number of rotatable bonds is 7. The zero-order chi connectivity index (χ0) is 27.2. The average Bonchev–Trinajstić information content (AvgIpc) is 3.32. The molecular formula is C28H34F2N4O4. The predicted octanol–water partition coefficient (Wildman–Crippen LogP) is 3.14. The van der Waals surface area contributed by atoms with Crippen molar-refractivity contribution in [3.63, 3.8) is 0 Å². The highest BCUT2D eigenvalue weighted by atomic mass is 19.1. The van der Waals surface area contributed by atoms with Crippen LogP contribution >= 0.6 is 0 Å². The topological polar surface area (TPSA) is 91.0 Å². The molecule has 3 atom stereocenters. The molecule has 0 bridgehead atoms. The number of carbonyl (C=O) groups excluding carboxylic acids is 3. The van der Waals surface area contributed by atoms with Crippen molar-refractivity contribution in [3.05, 3.63) is 71.0 Å². The number of piperazine rings is 1. The van der Waals surface area contributed by atoms with Gasteiger partial charge in [-0.1, -0.05) is 56.3 Å². The normalized spacial score (nSPS) is 20.3. The lowest BCUT2D eigenvalue weighted by Crippen LogP contribution is -2.49. The quantitative estimate of drug-likeness (QED) is 0.576. The molecule has 2 aromatic rings. The van der Waals surface area contributed by atoms with E-state index in [1.807, 2.05) is 44.2 Å². The maximum Gasteiger partial charge on any atom is 0.410 e. The second-order valence-corrected chi connectivity index (χ2v) is 9.97. The van der Waals surface area contributed by atoms with Crippen LogP contribution in [0.3, 0.4) is 0 Å². The molecule has 2 saturated heterocycles. The third kappa shape index (κ3) is 6.48. The van der Waals surface area contributed by atoms with Gasteiger partial charge in [0, 0.05) is 32.6 Å². The Balaban J connectivity index is 1.48. The number of benzene rings is 2. The van der Waals surface area contributed by atoms with Crippen LogP contribution in [0.5, 0.6) is 0 Å². The zero-order valence-electron chi connectivity index (χ0n) is 21.7. The van der Waals surface area contributed by atoms with E-state index in [1.165, 1.54) is 11.0 Å². The van der Waals surface area contributed by atoms with Crippen molar-refractivity contribution in [1.82, 2.24) is 20.4 Å². The lowest BCUT2D eigenvalue weighted by molar-refractivity contribution is -0.141. The van der Waals surface area contributed by atoms with Gasteiger partial charge < -0.3 is 25.2 Å². The van der Waals surface area contributed by atoms with Crippen LogP contribution in [-0.2, 0) is 14.3 Å². The summed E-state index contributed by atoms with van der Waals surface area (Å²) in [5.74, 6) is -1.58. The second kappa shape index (κ2) is 12.3. The largest absolute Gasteiger partial charge is 0.439 e. The van der Waals surface area contributed by atoms with Crippen LogP contribution in [0, 0.1) is 5.82 Å². The molecule has 0 spiro atoms. The molecule has 10 heteroatoms. The summed E-state index contributed by atoms with van der Waals surface area (Å²) in [6.45, 7) is 5.14. The maximum atomic E-state index is 14.9. The van der Waals surface area contributed by atoms with E-state index in [2.05, 4.69) is 10.6 Å². The first-order valence-electron chi connectivity index (χ1n) is 12.9. The molecular weight excluding hydrogens is 494 g/mol. The SMILES string of the molecule is CC(C)c1ccc(C(NC(=O)C2CC(F)CN2C(=O)COC(=O)N2CCNCC2)c2ccccc2)cc1F. The van der Waals surface area contributed by atoms with Crippen LogP contribution < -0.4 is 10.6 Å². The minimum atomic E-state index is -1.39. The summed E-state index contributed by atoms with van der Waals surface area (Å²) in [6.07, 6.45) is -2.18. The number of nitrogens with one attached hydrogen (secondary N) is 2. The summed E-state index contributed by atoms with van der Waals surface area (Å²) >= 11 is 0. The van der Waals surface area contributed by atoms with Crippen molar-refractivity contribution >= 4 is 17.9 Å². The van der Waals surface area contributed by atoms with Gasteiger partial charge in [-0.05, 0) is 28.7 Å². The number of ether oxygens (including phenoxy) is 1. The molecule has 2 heterocycles. The highest BCUT2D eigenvalue weighted by Gasteiger charge is 2.41. The van der Waals surface area contributed by atoms with Gasteiger partial charge in [-0.2, -0.15) is 0 Å². The maximum absolute atomic E-state index is 14.9. The third-order valence-electron chi connectivity index (χ3n) is 6.97. The van der Waals surface area contributed by atoms with Crippen LogP contribution in [0.4, 0.5) is 13.6 Å². The average molecular weight is 529 g/mol. The fourth-order valence-corrected chi connectivity index (χ4v) is 4.89. The Morgan fingerprint density at radius 1 is 1.08 bits per heavy atom. The summed E-state index contributed by atoms with van der Waals surface area (Å²) in [7, 11) is 0. The van der Waals surface area contributed by atoms with E-state index in [9.17, 15) is 23.2 Å². The van der Waals surface area contributed by atoms with Gasteiger partial charge in [-0.25, -0.2) is 13.6 Å². The first kappa shape index (κ1) is 27.5. The molecule has 4 rings (SSSR count). The van der Waals surface area contributed by atoms with Crippen LogP contribution in [0.15, 0.2) is 48.5 Å². The molecule has 0 saturated carbocycles. The van der Waals surface area contributed by atoms with Crippen molar-refractivity contribution in [1.29, 1.82) is 0 Å². The Labute approximate surface area is 221 Å². The fraction of sp³-hybridized carbons (Fsp3) is 0.464. The predicted molar refractivity (Wildman–Crippen MR) is 138 cm³/mol. The minimum absolute atomic E-state index is 0.00551. The summed E-state index contributed by atoms with van der Waals surface area (Å²) in [6, 6.07) is 12.1. The molecule has 38 heavy (non-hydrogen) atoms. The summed E-state index contributed by atoms with van der Waals surface area (Å²) < 4.78 is 34.5. The number of halogens is 2. The van der Waals surface area contributed by atoms with Crippen molar-refractivity contribution in [2.45, 2.75) is 44.4 Å². The monoisotopic (exact) mass is 528 g/mol. The number of amides is 3. The minimum Gasteiger partial charge on any atom is -0.439 e. The molecule has 0 aromatic heterocycles. The van der Waals surface area contributed by atoms with Gasteiger partial charge in [-0.3, -0.25) is 9.59 Å². The summed E-state index contributed by atoms with van der Waals surface area (Å²) in [4.78, 5) is 41.2. The van der Waals surface area contributed by atoms with E-state index < -0.39 is 42.8 Å². The first-order chi connectivity index (χ1) is 18.2. The summed E-state index contributed by atoms with van der Waals surface area (Å²) in [5, 5.41) is 6.02. The van der Waals surface area contributed by atoms with E-state index in [0.29, 0.717) is 37.3 Å². The number of nitrogens with zero attached hydrogens (tertiary/aromatic N) is 2. The molecule has 8 nitrogen and oxygen atoms in total. The van der Waals surface area contributed by atoms with Crippen molar-refractivity contribution in [3.8, 4) is 0 Å². The van der Waals surface area contributed by atoms with Gasteiger partial charge in [0.2, 0.25) is 5.91 Å². The lowest BCUT2D eigenvalue weighted by Gasteiger charge is -2.28. The Hall–Kier alpha value is -3.53. The van der Waals surface area contributed by atoms with Gasteiger partial charge in [0.1, 0.15) is 18.0 Å². The molecule has 2 N–H and O–H groups in total. The van der Waals surface area contributed by atoms with E-state index in [0.717, 1.165) is 10.5 Å². The van der Waals surface area contributed by atoms with E-state index in [-0.39, 0.29) is 24.7 Å². The van der Waals surface area contributed by atoms with Crippen molar-refractivity contribution in [2.24, 2.45) is 0 Å². The highest BCUT2D eigenvalue weighted by molar-refractivity contribution is 5.90. The molecule has 2 aliphatic rings. The molecule has 3 amide bonds. The van der Waals surface area contributed by atoms with Crippen LogP contribution in [0.25, 0.3) is 0 Å². The smallest absolute Gasteiger partial charge is 0.410 e. The van der Waals surface area contributed by atoms with Crippen molar-refractivity contribution in [2.75, 3.05) is 39.3 Å². The highest BCUT2D eigenvalue weighted by Crippen LogP contribution is 2.28. The molecule has 0 aliphatic carbocycles. The van der Waals surface area contributed by atoms with E-state index >= 15 is 0 Å². The van der Waals surface area contributed by atoms with Gasteiger partial charge in [-0.15, -0.1) is 0 Å². The first-order valence-corrected chi connectivity index (χ1v) is 12.9. The molecule has 2 aliphatic heterocycles. The van der Waals surface area contributed by atoms with Crippen LogP contribution in [0.1, 0.15) is 48.9 Å². The number of carbonyl (C=O) groups is 3. The Morgan fingerprint density at radius 2 is 1.79 bits per heavy atom. The molecule has 2 aromatic carbocycles. The standard InChI is InChI=1S/C28H34F2N4O4/c1-18(2)22-9-8-20(14-23(22)30)26(19-6-4-3-5-7-19)32-27(36)24-15-21(29)16-34(24)25(35)17-38-28(37)33-12-10-31-11-13-33/h3-9,14,18,21,24,26,31H,10-13,15-17H2,1-2H3,(H,32,36). The fourth-order valence-electron chi connectivity index (χ4n) is 4.89. The van der Waals surface area contributed by atoms with Crippen LogP contribution in [0.2, 0.25) is 0 Å². The summed E-state index contributed by atoms with van der Waals surface area (Å²) in [5.41, 5.74) is 1.81. The van der Waals surface area contributed by atoms with Gasteiger partial charge >= 0.3 is 6.09 Å². The van der Waals surface area contributed by atoms with Gasteiger partial charge in [0.05, 0.1) is 12.6 Å². The molecule has 204 valence electrons. The number of likely N-dealkylation sites (tertiary alicyclic amines) is 1. The lowest BCUT2D eigenvalue weighted by atomic mass is 9.94.